The molecule has 162 valence electrons. The van der Waals surface area contributed by atoms with Gasteiger partial charge in [0.25, 0.3) is 0 Å². The number of nitrogens with zero attached hydrogens (tertiary/aromatic N) is 1. The van der Waals surface area contributed by atoms with Crippen molar-refractivity contribution in [1.29, 1.82) is 0 Å². The zero-order chi connectivity index (χ0) is 21.4. The highest BCUT2D eigenvalue weighted by Crippen LogP contribution is 2.41. The lowest BCUT2D eigenvalue weighted by Crippen LogP contribution is -2.42. The molecule has 0 atom stereocenters. The molecule has 1 fully saturated rings. The molecule has 30 heavy (non-hydrogen) atoms. The fourth-order valence-electron chi connectivity index (χ4n) is 4.09. The van der Waals surface area contributed by atoms with E-state index < -0.39 is 5.41 Å². The largest absolute Gasteiger partial charge is 0.497 e. The average molecular weight is 413 g/mol. The highest BCUT2D eigenvalue weighted by atomic mass is 16.5. The van der Waals surface area contributed by atoms with Gasteiger partial charge in [-0.25, -0.2) is 4.98 Å². The van der Waals surface area contributed by atoms with E-state index in [1.807, 2.05) is 44.2 Å². The fourth-order valence-corrected chi connectivity index (χ4v) is 4.09. The van der Waals surface area contributed by atoms with E-state index in [1.54, 1.807) is 13.3 Å². The van der Waals surface area contributed by atoms with Gasteiger partial charge in [-0.05, 0) is 50.5 Å². The van der Waals surface area contributed by atoms with E-state index in [2.05, 4.69) is 10.3 Å². The van der Waals surface area contributed by atoms with Gasteiger partial charge in [0.15, 0.2) is 0 Å². The number of aryl methyl sites for hydroxylation is 1. The number of anilines is 1. The molecule has 1 aromatic carbocycles. The van der Waals surface area contributed by atoms with Gasteiger partial charge in [0.2, 0.25) is 11.8 Å². The molecule has 1 aromatic heterocycles. The number of aromatic nitrogens is 1. The van der Waals surface area contributed by atoms with Crippen molar-refractivity contribution in [2.45, 2.75) is 51.4 Å². The predicted octanol–water partition coefficient (Wildman–Crippen LogP) is 4.65. The average Bonchev–Trinajstić information content (AvgIpc) is 2.78. The highest BCUT2D eigenvalue weighted by Gasteiger charge is 2.41. The fraction of sp³-hybridized carbons (Fsp3) is 0.500. The molecule has 2 aromatic rings. The topological polar surface area (TPSA) is 69.7 Å². The summed E-state index contributed by atoms with van der Waals surface area (Å²) in [5.74, 6) is 1.39. The minimum atomic E-state index is -0.523. The van der Waals surface area contributed by atoms with E-state index in [-0.39, 0.29) is 5.91 Å². The molecule has 1 saturated carbocycles. The van der Waals surface area contributed by atoms with Gasteiger partial charge < -0.3 is 19.5 Å². The van der Waals surface area contributed by atoms with Crippen LogP contribution in [0.1, 0.15) is 50.2 Å². The molecule has 6 nitrogen and oxygen atoms in total. The van der Waals surface area contributed by atoms with E-state index in [1.165, 1.54) is 6.42 Å². The van der Waals surface area contributed by atoms with E-state index in [0.29, 0.717) is 31.4 Å². The number of amides is 1. The summed E-state index contributed by atoms with van der Waals surface area (Å²) in [5, 5.41) is 3.11. The van der Waals surface area contributed by atoms with Crippen molar-refractivity contribution in [3.8, 4) is 11.6 Å². The third kappa shape index (κ3) is 5.11. The van der Waals surface area contributed by atoms with Crippen LogP contribution < -0.4 is 14.8 Å². The summed E-state index contributed by atoms with van der Waals surface area (Å²) in [6.07, 6.45) is 6.60. The van der Waals surface area contributed by atoms with Crippen molar-refractivity contribution in [1.82, 2.24) is 4.98 Å². The molecule has 1 heterocycles. The summed E-state index contributed by atoms with van der Waals surface area (Å²) in [6, 6.07) is 9.80. The number of hydrogen-bond acceptors (Lipinski definition) is 5. The zero-order valence-corrected chi connectivity index (χ0v) is 18.2. The maximum atomic E-state index is 13.5. The second kappa shape index (κ2) is 10.4. The summed E-state index contributed by atoms with van der Waals surface area (Å²) in [6.45, 7) is 5.52. The second-order valence-corrected chi connectivity index (χ2v) is 7.72. The first-order valence-corrected chi connectivity index (χ1v) is 10.7. The molecule has 0 unspecified atom stereocenters. The van der Waals surface area contributed by atoms with Crippen molar-refractivity contribution >= 4 is 11.6 Å². The standard InChI is InChI=1S/C24H32N2O4/c1-4-29-14-15-30-22-18(2)16-20(17-25-22)26-23(27)24(12-6-5-7-13-24)19-8-10-21(28-3)11-9-19/h8-11,16-17H,4-7,12-15H2,1-3H3,(H,26,27). The van der Waals surface area contributed by atoms with Crippen LogP contribution in [-0.4, -0.2) is 37.8 Å². The van der Waals surface area contributed by atoms with Crippen LogP contribution in [0.15, 0.2) is 36.5 Å². The molecule has 6 heteroatoms. The Labute approximate surface area is 178 Å². The van der Waals surface area contributed by atoms with Crippen LogP contribution >= 0.6 is 0 Å². The molecule has 0 saturated heterocycles. The molecule has 0 spiro atoms. The van der Waals surface area contributed by atoms with Crippen LogP contribution in [0.2, 0.25) is 0 Å². The third-order valence-corrected chi connectivity index (χ3v) is 5.74. The maximum absolute atomic E-state index is 13.5. The van der Waals surface area contributed by atoms with Gasteiger partial charge in [0, 0.05) is 12.2 Å². The first-order valence-electron chi connectivity index (χ1n) is 10.7. The summed E-state index contributed by atoms with van der Waals surface area (Å²) in [7, 11) is 1.65. The molecule has 1 N–H and O–H groups in total. The molecule has 3 rings (SSSR count). The molecular weight excluding hydrogens is 380 g/mol. The molecule has 1 amide bonds. The van der Waals surface area contributed by atoms with Crippen molar-refractivity contribution in [2.75, 3.05) is 32.2 Å². The Morgan fingerprint density at radius 1 is 1.13 bits per heavy atom. The molecule has 0 aliphatic heterocycles. The molecule has 0 radical (unpaired) electrons. The van der Waals surface area contributed by atoms with Crippen LogP contribution in [0.3, 0.4) is 0 Å². The number of hydrogen-bond donors (Lipinski definition) is 1. The molecular formula is C24H32N2O4. The normalized spacial score (nSPS) is 15.4. The van der Waals surface area contributed by atoms with Gasteiger partial charge in [0.1, 0.15) is 12.4 Å². The second-order valence-electron chi connectivity index (χ2n) is 7.72. The minimum Gasteiger partial charge on any atom is -0.497 e. The third-order valence-electron chi connectivity index (χ3n) is 5.74. The van der Waals surface area contributed by atoms with E-state index in [0.717, 1.165) is 42.6 Å². The van der Waals surface area contributed by atoms with E-state index in [4.69, 9.17) is 14.2 Å². The summed E-state index contributed by atoms with van der Waals surface area (Å²) in [5.41, 5.74) is 2.09. The lowest BCUT2D eigenvalue weighted by atomic mass is 9.68. The predicted molar refractivity (Wildman–Crippen MR) is 117 cm³/mol. The van der Waals surface area contributed by atoms with Crippen LogP contribution in [-0.2, 0) is 14.9 Å². The minimum absolute atomic E-state index is 0.0265. The number of carbonyl (C=O) groups excluding carboxylic acids is 1. The van der Waals surface area contributed by atoms with Gasteiger partial charge in [-0.3, -0.25) is 4.79 Å². The maximum Gasteiger partial charge on any atom is 0.235 e. The summed E-state index contributed by atoms with van der Waals surface area (Å²) < 4.78 is 16.2. The van der Waals surface area contributed by atoms with Gasteiger partial charge in [-0.15, -0.1) is 0 Å². The summed E-state index contributed by atoms with van der Waals surface area (Å²) >= 11 is 0. The van der Waals surface area contributed by atoms with Crippen molar-refractivity contribution in [2.24, 2.45) is 0 Å². The van der Waals surface area contributed by atoms with Gasteiger partial charge >= 0.3 is 0 Å². The van der Waals surface area contributed by atoms with Crippen LogP contribution in [0.5, 0.6) is 11.6 Å². The molecule has 1 aliphatic rings. The number of methoxy groups -OCH3 is 1. The number of carbonyl (C=O) groups is 1. The molecule has 0 bridgehead atoms. The number of pyridine rings is 1. The van der Waals surface area contributed by atoms with E-state index in [9.17, 15) is 4.79 Å². The van der Waals surface area contributed by atoms with Crippen molar-refractivity contribution < 1.29 is 19.0 Å². The van der Waals surface area contributed by atoms with Crippen LogP contribution in [0.4, 0.5) is 5.69 Å². The summed E-state index contributed by atoms with van der Waals surface area (Å²) in [4.78, 5) is 17.8. The lowest BCUT2D eigenvalue weighted by molar-refractivity contribution is -0.122. The highest BCUT2D eigenvalue weighted by molar-refractivity contribution is 5.99. The van der Waals surface area contributed by atoms with Crippen molar-refractivity contribution in [3.63, 3.8) is 0 Å². The number of rotatable bonds is 9. The van der Waals surface area contributed by atoms with Gasteiger partial charge in [-0.2, -0.15) is 0 Å². The van der Waals surface area contributed by atoms with Gasteiger partial charge in [-0.1, -0.05) is 31.4 Å². The first-order chi connectivity index (χ1) is 14.6. The monoisotopic (exact) mass is 412 g/mol. The Kier molecular flexibility index (Phi) is 7.69. The van der Waals surface area contributed by atoms with Crippen LogP contribution in [0.25, 0.3) is 0 Å². The first kappa shape index (κ1) is 22.1. The van der Waals surface area contributed by atoms with Crippen molar-refractivity contribution in [3.05, 3.63) is 47.7 Å². The SMILES string of the molecule is CCOCCOc1ncc(NC(=O)C2(c3ccc(OC)cc3)CCCCC2)cc1C. The number of nitrogens with one attached hydrogen (secondary N) is 1. The lowest BCUT2D eigenvalue weighted by Gasteiger charge is -2.36. The quantitative estimate of drug-likeness (QED) is 0.607. The zero-order valence-electron chi connectivity index (χ0n) is 18.2. The Hall–Kier alpha value is -2.60. The van der Waals surface area contributed by atoms with Gasteiger partial charge in [0.05, 0.1) is 31.0 Å². The number of benzene rings is 1. The Balaban J connectivity index is 1.75. The Morgan fingerprint density at radius 2 is 1.87 bits per heavy atom. The Bertz CT molecular complexity index is 830. The van der Waals surface area contributed by atoms with Crippen LogP contribution in [0, 0.1) is 6.92 Å². The van der Waals surface area contributed by atoms with E-state index >= 15 is 0 Å². The smallest absolute Gasteiger partial charge is 0.235 e. The number of ether oxygens (including phenoxy) is 3. The molecule has 1 aliphatic carbocycles. The Morgan fingerprint density at radius 3 is 2.50 bits per heavy atom.